The first kappa shape index (κ1) is 18.0. The highest BCUT2D eigenvalue weighted by molar-refractivity contribution is 5.78. The van der Waals surface area contributed by atoms with E-state index in [1.165, 1.54) is 7.11 Å². The number of carboxylic acid groups (broad SMARTS) is 1. The standard InChI is InChI=1S/C16H29NO4/c1-15(2)7-5-12(6-8-15)9-13(18)17-16(3,11-21-4)10-14(19)20/h12H,5-11H2,1-4H3,(H,17,18)(H,19,20). The molecule has 2 N–H and O–H groups in total. The molecule has 0 aromatic heterocycles. The maximum Gasteiger partial charge on any atom is 0.305 e. The van der Waals surface area contributed by atoms with Crippen LogP contribution in [0, 0.1) is 11.3 Å². The van der Waals surface area contributed by atoms with Crippen molar-refractivity contribution in [2.24, 2.45) is 11.3 Å². The van der Waals surface area contributed by atoms with Crippen molar-refractivity contribution in [1.82, 2.24) is 5.32 Å². The zero-order valence-corrected chi connectivity index (χ0v) is 13.7. The molecule has 21 heavy (non-hydrogen) atoms. The van der Waals surface area contributed by atoms with Gasteiger partial charge in [0.2, 0.25) is 5.91 Å². The highest BCUT2D eigenvalue weighted by Gasteiger charge is 2.32. The van der Waals surface area contributed by atoms with E-state index in [2.05, 4.69) is 19.2 Å². The third kappa shape index (κ3) is 6.46. The number of ether oxygens (including phenoxy) is 1. The van der Waals surface area contributed by atoms with E-state index < -0.39 is 11.5 Å². The first-order valence-electron chi connectivity index (χ1n) is 7.67. The number of hydrogen-bond acceptors (Lipinski definition) is 3. The smallest absolute Gasteiger partial charge is 0.305 e. The van der Waals surface area contributed by atoms with Crippen molar-refractivity contribution in [3.8, 4) is 0 Å². The van der Waals surface area contributed by atoms with Gasteiger partial charge >= 0.3 is 5.97 Å². The number of aliphatic carboxylic acids is 1. The van der Waals surface area contributed by atoms with E-state index in [1.807, 2.05) is 0 Å². The second-order valence-electron chi connectivity index (χ2n) is 7.42. The Morgan fingerprint density at radius 3 is 2.38 bits per heavy atom. The zero-order valence-electron chi connectivity index (χ0n) is 13.7. The summed E-state index contributed by atoms with van der Waals surface area (Å²) in [7, 11) is 1.51. The summed E-state index contributed by atoms with van der Waals surface area (Å²) in [5, 5.41) is 11.8. The van der Waals surface area contributed by atoms with Crippen molar-refractivity contribution in [3.05, 3.63) is 0 Å². The number of carbonyl (C=O) groups is 2. The Kier molecular flexibility index (Phi) is 6.20. The molecule has 0 aromatic carbocycles. The molecule has 5 nitrogen and oxygen atoms in total. The summed E-state index contributed by atoms with van der Waals surface area (Å²) < 4.78 is 5.05. The molecule has 1 fully saturated rings. The lowest BCUT2D eigenvalue weighted by Gasteiger charge is -2.35. The second-order valence-corrected chi connectivity index (χ2v) is 7.42. The van der Waals surface area contributed by atoms with Crippen molar-refractivity contribution in [3.63, 3.8) is 0 Å². The fraction of sp³-hybridized carbons (Fsp3) is 0.875. The van der Waals surface area contributed by atoms with E-state index in [4.69, 9.17) is 9.84 Å². The molecule has 0 saturated heterocycles. The van der Waals surface area contributed by atoms with Crippen molar-refractivity contribution >= 4 is 11.9 Å². The van der Waals surface area contributed by atoms with Crippen molar-refractivity contribution in [2.45, 2.75) is 64.8 Å². The molecule has 1 saturated carbocycles. The van der Waals surface area contributed by atoms with Crippen LogP contribution in [0.5, 0.6) is 0 Å². The SMILES string of the molecule is COCC(C)(CC(=O)O)NC(=O)CC1CCC(C)(C)CC1. The molecule has 0 bridgehead atoms. The third-order valence-corrected chi connectivity index (χ3v) is 4.38. The number of hydrogen-bond donors (Lipinski definition) is 2. The van der Waals surface area contributed by atoms with Gasteiger partial charge in [-0.05, 0) is 43.9 Å². The highest BCUT2D eigenvalue weighted by atomic mass is 16.5. The number of amides is 1. The third-order valence-electron chi connectivity index (χ3n) is 4.38. The molecule has 1 atom stereocenters. The predicted octanol–water partition coefficient (Wildman–Crippen LogP) is 2.59. The fourth-order valence-electron chi connectivity index (χ4n) is 3.10. The highest BCUT2D eigenvalue weighted by Crippen LogP contribution is 2.39. The zero-order chi connectivity index (χ0) is 16.1. The van der Waals surface area contributed by atoms with Crippen LogP contribution in [-0.4, -0.2) is 36.2 Å². The van der Waals surface area contributed by atoms with Crippen LogP contribution in [0.2, 0.25) is 0 Å². The number of methoxy groups -OCH3 is 1. The Labute approximate surface area is 127 Å². The molecule has 122 valence electrons. The van der Waals surface area contributed by atoms with Gasteiger partial charge in [0.15, 0.2) is 0 Å². The normalized spacial score (nSPS) is 21.5. The van der Waals surface area contributed by atoms with Crippen LogP contribution in [0.4, 0.5) is 0 Å². The summed E-state index contributed by atoms with van der Waals surface area (Å²) in [6, 6.07) is 0. The molecule has 1 aliphatic carbocycles. The average Bonchev–Trinajstić information content (AvgIpc) is 2.30. The molecule has 1 aliphatic rings. The largest absolute Gasteiger partial charge is 0.481 e. The molecular formula is C16H29NO4. The molecule has 1 unspecified atom stereocenters. The quantitative estimate of drug-likeness (QED) is 0.757. The van der Waals surface area contributed by atoms with Gasteiger partial charge in [0.05, 0.1) is 18.6 Å². The predicted molar refractivity (Wildman–Crippen MR) is 81.0 cm³/mol. The lowest BCUT2D eigenvalue weighted by molar-refractivity contribution is -0.139. The molecule has 0 radical (unpaired) electrons. The van der Waals surface area contributed by atoms with Gasteiger partial charge in [0, 0.05) is 13.5 Å². The van der Waals surface area contributed by atoms with E-state index in [0.29, 0.717) is 17.8 Å². The maximum absolute atomic E-state index is 12.2. The number of rotatable bonds is 7. The summed E-state index contributed by atoms with van der Waals surface area (Å²) >= 11 is 0. The Balaban J connectivity index is 2.49. The van der Waals surface area contributed by atoms with Gasteiger partial charge in [-0.1, -0.05) is 13.8 Å². The van der Waals surface area contributed by atoms with Crippen LogP contribution in [0.1, 0.15) is 59.3 Å². The lowest BCUT2D eigenvalue weighted by atomic mass is 9.72. The van der Waals surface area contributed by atoms with E-state index in [-0.39, 0.29) is 18.9 Å². The van der Waals surface area contributed by atoms with Gasteiger partial charge in [0.25, 0.3) is 0 Å². The monoisotopic (exact) mass is 299 g/mol. The van der Waals surface area contributed by atoms with E-state index >= 15 is 0 Å². The van der Waals surface area contributed by atoms with Crippen LogP contribution in [0.3, 0.4) is 0 Å². The molecule has 0 aliphatic heterocycles. The van der Waals surface area contributed by atoms with Crippen LogP contribution in [-0.2, 0) is 14.3 Å². The summed E-state index contributed by atoms with van der Waals surface area (Å²) in [6.45, 7) is 6.45. The van der Waals surface area contributed by atoms with Gasteiger partial charge in [-0.25, -0.2) is 0 Å². The number of carboxylic acids is 1. The number of nitrogens with one attached hydrogen (secondary N) is 1. The average molecular weight is 299 g/mol. The fourth-order valence-corrected chi connectivity index (χ4v) is 3.10. The summed E-state index contributed by atoms with van der Waals surface area (Å²) in [5.41, 5.74) is -0.452. The molecule has 0 aromatic rings. The Morgan fingerprint density at radius 2 is 1.90 bits per heavy atom. The van der Waals surface area contributed by atoms with Crippen molar-refractivity contribution < 1.29 is 19.4 Å². The lowest BCUT2D eigenvalue weighted by Crippen LogP contribution is -2.51. The van der Waals surface area contributed by atoms with Crippen molar-refractivity contribution in [1.29, 1.82) is 0 Å². The number of carbonyl (C=O) groups excluding carboxylic acids is 1. The van der Waals surface area contributed by atoms with Crippen molar-refractivity contribution in [2.75, 3.05) is 13.7 Å². The van der Waals surface area contributed by atoms with E-state index in [0.717, 1.165) is 25.7 Å². The van der Waals surface area contributed by atoms with E-state index in [9.17, 15) is 9.59 Å². The van der Waals surface area contributed by atoms with E-state index in [1.54, 1.807) is 6.92 Å². The molecular weight excluding hydrogens is 270 g/mol. The van der Waals surface area contributed by atoms with Gasteiger partial charge in [-0.3, -0.25) is 9.59 Å². The second kappa shape index (κ2) is 7.25. The summed E-state index contributed by atoms with van der Waals surface area (Å²) in [4.78, 5) is 23.1. The molecule has 1 rings (SSSR count). The van der Waals surface area contributed by atoms with Gasteiger partial charge < -0.3 is 15.2 Å². The van der Waals surface area contributed by atoms with Gasteiger partial charge in [0.1, 0.15) is 0 Å². The maximum atomic E-state index is 12.2. The topological polar surface area (TPSA) is 75.6 Å². The van der Waals surface area contributed by atoms with Crippen LogP contribution >= 0.6 is 0 Å². The van der Waals surface area contributed by atoms with Crippen LogP contribution in [0.15, 0.2) is 0 Å². The first-order valence-corrected chi connectivity index (χ1v) is 7.67. The molecule has 0 spiro atoms. The first-order chi connectivity index (χ1) is 9.66. The van der Waals surface area contributed by atoms with Crippen LogP contribution < -0.4 is 5.32 Å². The minimum absolute atomic E-state index is 0.0690. The Hall–Kier alpha value is -1.10. The Morgan fingerprint density at radius 1 is 1.33 bits per heavy atom. The summed E-state index contributed by atoms with van der Waals surface area (Å²) in [6.07, 6.45) is 4.78. The molecule has 0 heterocycles. The Bertz CT molecular complexity index is 370. The summed E-state index contributed by atoms with van der Waals surface area (Å²) in [5.74, 6) is -0.593. The molecule has 1 amide bonds. The molecule has 5 heteroatoms. The minimum Gasteiger partial charge on any atom is -0.481 e. The van der Waals surface area contributed by atoms with Gasteiger partial charge in [-0.2, -0.15) is 0 Å². The minimum atomic E-state index is -0.936. The van der Waals surface area contributed by atoms with Gasteiger partial charge in [-0.15, -0.1) is 0 Å². The van der Waals surface area contributed by atoms with Crippen LogP contribution in [0.25, 0.3) is 0 Å².